The van der Waals surface area contributed by atoms with Crippen LogP contribution in [0.25, 0.3) is 0 Å². The number of nitrogens with zero attached hydrogens (tertiary/aromatic N) is 2. The van der Waals surface area contributed by atoms with Gasteiger partial charge in [-0.15, -0.1) is 0 Å². The fourth-order valence-corrected chi connectivity index (χ4v) is 5.16. The number of ether oxygens (including phenoxy) is 1. The molecule has 5 atom stereocenters. The maximum atomic E-state index is 11.7. The summed E-state index contributed by atoms with van der Waals surface area (Å²) in [6.07, 6.45) is -2.71. The molecule has 0 aliphatic carbocycles. The molecule has 2 rings (SSSR count). The molecule has 0 aromatic carbocycles. The third-order valence-corrected chi connectivity index (χ3v) is 6.95. The van der Waals surface area contributed by atoms with E-state index in [1.807, 2.05) is 0 Å². The van der Waals surface area contributed by atoms with Crippen LogP contribution in [0, 0.1) is 6.92 Å². The molecule has 177 valence electrons. The summed E-state index contributed by atoms with van der Waals surface area (Å²) in [5, 5.41) is 19.0. The number of aliphatic hydroxyl groups excluding tert-OH is 1. The molecule has 1 aromatic heterocycles. The van der Waals surface area contributed by atoms with Crippen LogP contribution in [-0.2, 0) is 64.3 Å². The Labute approximate surface area is 200 Å². The zero-order valence-electron chi connectivity index (χ0n) is 15.8. The fourth-order valence-electron chi connectivity index (χ4n) is 2.13. The average molecular weight is 586 g/mol. The molecule has 31 heavy (non-hydrogen) atoms. The van der Waals surface area contributed by atoms with Crippen LogP contribution in [0.2, 0.25) is 0 Å². The minimum absolute atomic E-state index is 0. The van der Waals surface area contributed by atoms with Crippen LogP contribution in [0.1, 0.15) is 19.6 Å². The molecule has 1 aromatic rings. The van der Waals surface area contributed by atoms with Gasteiger partial charge in [0.25, 0.3) is 0 Å². The van der Waals surface area contributed by atoms with Crippen LogP contribution in [0.15, 0.2) is 17.1 Å². The Balaban J connectivity index is 0.00000291. The van der Waals surface area contributed by atoms with Gasteiger partial charge in [0.1, 0.15) is 12.3 Å². The van der Waals surface area contributed by atoms with Gasteiger partial charge in [-0.1, -0.05) is 0 Å². The van der Waals surface area contributed by atoms with Crippen molar-refractivity contribution in [3.05, 3.63) is 29.7 Å². The first-order valence-electron chi connectivity index (χ1n) is 7.78. The van der Waals surface area contributed by atoms with Gasteiger partial charge >= 0.3 is 29.2 Å². The third kappa shape index (κ3) is 10.7. The number of hydrogen-bond acceptors (Lipinski definition) is 11. The Morgan fingerprint density at radius 1 is 1.19 bits per heavy atom. The molecule has 2 heterocycles. The molecule has 0 bridgehead atoms. The predicted octanol–water partition coefficient (Wildman–Crippen LogP) is -0.222. The Morgan fingerprint density at radius 2 is 1.77 bits per heavy atom. The van der Waals surface area contributed by atoms with E-state index in [1.165, 1.54) is 0 Å². The standard InChI is InChI=1S/C9H15N2O14P3.C2H5.Y/c12-5-3-8(11-2-1-7(13)10-9(11)14)23-6(5)4-22-27(18,19)25-28(20,21)24-26(15,16)17;1-2;/h1-2,5-6,8,12H,3-4H2,(H,18,19)(H,20,21)(H,10,13,14)(H2,15,16,17);1H2,2H3;/q;-1;/t5-,6-,8-;;/m1../s1. The molecule has 6 N–H and O–H groups in total. The van der Waals surface area contributed by atoms with Crippen molar-refractivity contribution in [2.24, 2.45) is 0 Å². The van der Waals surface area contributed by atoms with E-state index in [0.717, 1.165) is 16.8 Å². The molecule has 20 heteroatoms. The van der Waals surface area contributed by atoms with E-state index in [2.05, 4.69) is 25.1 Å². The monoisotopic (exact) mass is 586 g/mol. The van der Waals surface area contributed by atoms with Gasteiger partial charge in [-0.2, -0.15) is 20.5 Å². The largest absolute Gasteiger partial charge is 0.493 e. The van der Waals surface area contributed by atoms with E-state index >= 15 is 0 Å². The summed E-state index contributed by atoms with van der Waals surface area (Å²) >= 11 is 0. The summed E-state index contributed by atoms with van der Waals surface area (Å²) in [6, 6.07) is 1.08. The Hall–Kier alpha value is 0.114. The first-order valence-corrected chi connectivity index (χ1v) is 12.3. The van der Waals surface area contributed by atoms with Crippen molar-refractivity contribution < 1.29 is 94.1 Å². The number of phosphoric ester groups is 1. The number of aliphatic hydroxyl groups is 1. The number of hydrogen-bond donors (Lipinski definition) is 6. The summed E-state index contributed by atoms with van der Waals surface area (Å²) in [7, 11) is -16.6. The van der Waals surface area contributed by atoms with Crippen molar-refractivity contribution in [1.29, 1.82) is 0 Å². The maximum absolute atomic E-state index is 11.7. The molecule has 1 aliphatic heterocycles. The van der Waals surface area contributed by atoms with Gasteiger partial charge < -0.3 is 41.4 Å². The van der Waals surface area contributed by atoms with E-state index in [1.54, 1.807) is 6.92 Å². The van der Waals surface area contributed by atoms with Crippen LogP contribution in [0.4, 0.5) is 0 Å². The van der Waals surface area contributed by atoms with Gasteiger partial charge in [0.2, 0.25) is 5.88 Å². The zero-order valence-corrected chi connectivity index (χ0v) is 21.3. The quantitative estimate of drug-likeness (QED) is 0.170. The van der Waals surface area contributed by atoms with Crippen molar-refractivity contribution in [3.8, 4) is 5.88 Å². The van der Waals surface area contributed by atoms with Crippen LogP contribution >= 0.6 is 23.5 Å². The molecule has 0 saturated carbocycles. The Bertz CT molecular complexity index is 921. The minimum Gasteiger partial charge on any atom is -0.493 e. The van der Waals surface area contributed by atoms with E-state index in [4.69, 9.17) is 24.5 Å². The van der Waals surface area contributed by atoms with Gasteiger partial charge in [-0.05, 0) is 0 Å². The molecular formula is C11H20N2O14P3Y-. The summed E-state index contributed by atoms with van der Waals surface area (Å²) in [5.74, 6) is -0.538. The van der Waals surface area contributed by atoms with Gasteiger partial charge in [0.05, 0.1) is 12.7 Å². The first-order chi connectivity index (χ1) is 13.7. The second-order valence-corrected chi connectivity index (χ2v) is 9.71. The van der Waals surface area contributed by atoms with Crippen molar-refractivity contribution in [3.63, 3.8) is 0 Å². The smallest absolute Gasteiger partial charge is 0.490 e. The molecule has 2 unspecified atom stereocenters. The molecule has 1 aliphatic rings. The second-order valence-electron chi connectivity index (χ2n) is 5.29. The average Bonchev–Trinajstić information content (AvgIpc) is 2.92. The summed E-state index contributed by atoms with van der Waals surface area (Å²) in [4.78, 5) is 50.2. The van der Waals surface area contributed by atoms with E-state index in [9.17, 15) is 28.5 Å². The van der Waals surface area contributed by atoms with Gasteiger partial charge in [-0.25, -0.2) is 18.5 Å². The Kier molecular flexibility index (Phi) is 12.6. The van der Waals surface area contributed by atoms with Gasteiger partial charge in [-0.3, -0.25) is 9.09 Å². The van der Waals surface area contributed by atoms with E-state index in [-0.39, 0.29) is 39.1 Å². The van der Waals surface area contributed by atoms with Crippen LogP contribution in [0.3, 0.4) is 0 Å². The predicted molar refractivity (Wildman–Crippen MR) is 95.5 cm³/mol. The Morgan fingerprint density at radius 3 is 2.29 bits per heavy atom. The van der Waals surface area contributed by atoms with Crippen molar-refractivity contribution in [2.45, 2.75) is 31.8 Å². The van der Waals surface area contributed by atoms with Crippen LogP contribution in [-0.4, -0.2) is 58.2 Å². The first kappa shape index (κ1) is 31.1. The van der Waals surface area contributed by atoms with Crippen molar-refractivity contribution >= 4 is 23.5 Å². The zero-order chi connectivity index (χ0) is 23.3. The van der Waals surface area contributed by atoms with Gasteiger partial charge in [0, 0.05) is 51.4 Å². The molecule has 0 spiro atoms. The van der Waals surface area contributed by atoms with Crippen molar-refractivity contribution in [2.75, 3.05) is 6.61 Å². The molecule has 1 saturated heterocycles. The number of aromatic nitrogens is 2. The fraction of sp³-hybridized carbons (Fsp3) is 0.545. The number of rotatable bonds is 8. The SMILES string of the molecule is O=c1nc(O)ccn1[C@H]1C[C@@H](O)[C@@H](COP(=O)(O)OP(=O)(O)OP(=O)(O)O)O1.[CH2-]C.[Y]. The number of phosphoric acid groups is 3. The minimum atomic E-state index is -5.67. The van der Waals surface area contributed by atoms with Crippen LogP contribution in [0.5, 0.6) is 5.88 Å². The normalized spacial score (nSPS) is 24.8. The third-order valence-electron chi connectivity index (χ3n) is 3.15. The molecular weight excluding hydrogens is 566 g/mol. The summed E-state index contributed by atoms with van der Waals surface area (Å²) in [5.41, 5.74) is -0.897. The van der Waals surface area contributed by atoms with Crippen LogP contribution < -0.4 is 5.69 Å². The molecule has 0 amide bonds. The topological polar surface area (TPSA) is 244 Å². The van der Waals surface area contributed by atoms with E-state index < -0.39 is 60.1 Å². The molecule has 1 fully saturated rings. The second kappa shape index (κ2) is 12.5. The van der Waals surface area contributed by atoms with E-state index in [0.29, 0.717) is 0 Å². The van der Waals surface area contributed by atoms with Crippen molar-refractivity contribution in [1.82, 2.24) is 9.55 Å². The molecule has 16 nitrogen and oxygen atoms in total. The van der Waals surface area contributed by atoms with Gasteiger partial charge in [0.15, 0.2) is 0 Å². The summed E-state index contributed by atoms with van der Waals surface area (Å²) < 4.78 is 51.0. The number of aromatic hydroxyl groups is 1. The summed E-state index contributed by atoms with van der Waals surface area (Å²) in [6.45, 7) is 4.13. The molecule has 1 radical (unpaired) electrons. The maximum Gasteiger partial charge on any atom is 0.490 e.